The van der Waals surface area contributed by atoms with Crippen LogP contribution in [0, 0.1) is 5.92 Å². The van der Waals surface area contributed by atoms with E-state index in [9.17, 15) is 0 Å². The molecule has 24 heavy (non-hydrogen) atoms. The number of hydrogen-bond acceptors (Lipinski definition) is 3. The van der Waals surface area contributed by atoms with E-state index in [1.54, 1.807) is 0 Å². The lowest BCUT2D eigenvalue weighted by molar-refractivity contribution is 0.0277. The predicted octanol–water partition coefficient (Wildman–Crippen LogP) is 2.62. The van der Waals surface area contributed by atoms with E-state index < -0.39 is 0 Å². The van der Waals surface area contributed by atoms with Crippen molar-refractivity contribution < 1.29 is 4.74 Å². The number of hydrogen-bond donors (Lipinski definition) is 2. The number of aliphatic imine (C=N–C) groups is 1. The molecule has 1 atom stereocenters. The molecule has 0 spiro atoms. The lowest BCUT2D eigenvalue weighted by Gasteiger charge is -2.23. The molecule has 0 aromatic heterocycles. The largest absolute Gasteiger partial charge is 0.378 e. The van der Waals surface area contributed by atoms with Gasteiger partial charge in [-0.15, -0.1) is 0 Å². The Bertz CT molecular complexity index is 360. The summed E-state index contributed by atoms with van der Waals surface area (Å²) in [6, 6.07) is 0.579. The molecular formula is C19H38N4O. The molecule has 0 aromatic carbocycles. The summed E-state index contributed by atoms with van der Waals surface area (Å²) < 4.78 is 5.99. The fourth-order valence-electron chi connectivity index (χ4n) is 3.50. The van der Waals surface area contributed by atoms with Crippen LogP contribution < -0.4 is 10.6 Å². The number of likely N-dealkylation sites (N-methyl/N-ethyl adjacent to an activating group) is 1. The van der Waals surface area contributed by atoms with Gasteiger partial charge in [-0.3, -0.25) is 4.99 Å². The van der Waals surface area contributed by atoms with Crippen LogP contribution in [0.15, 0.2) is 4.99 Å². The van der Waals surface area contributed by atoms with E-state index in [2.05, 4.69) is 36.6 Å². The number of guanidine groups is 1. The number of rotatable bonds is 10. The third kappa shape index (κ3) is 7.39. The number of nitrogens with one attached hydrogen (secondary N) is 2. The molecule has 5 heteroatoms. The van der Waals surface area contributed by atoms with E-state index in [-0.39, 0.29) is 0 Å². The van der Waals surface area contributed by atoms with Crippen molar-refractivity contribution in [2.75, 3.05) is 40.3 Å². The third-order valence-electron chi connectivity index (χ3n) is 5.13. The highest BCUT2D eigenvalue weighted by atomic mass is 16.5. The Morgan fingerprint density at radius 1 is 1.12 bits per heavy atom. The lowest BCUT2D eigenvalue weighted by atomic mass is 9.98. The zero-order chi connectivity index (χ0) is 17.2. The minimum absolute atomic E-state index is 0.514. The molecule has 2 aliphatic rings. The van der Waals surface area contributed by atoms with Crippen molar-refractivity contribution in [3.8, 4) is 0 Å². The van der Waals surface area contributed by atoms with Crippen molar-refractivity contribution in [2.45, 2.75) is 70.4 Å². The molecule has 1 unspecified atom stereocenters. The average Bonchev–Trinajstić information content (AvgIpc) is 3.40. The maximum absolute atomic E-state index is 5.99. The van der Waals surface area contributed by atoms with E-state index in [4.69, 9.17) is 9.73 Å². The fourth-order valence-corrected chi connectivity index (χ4v) is 3.50. The van der Waals surface area contributed by atoms with Gasteiger partial charge >= 0.3 is 0 Å². The molecule has 2 rings (SSSR count). The molecular weight excluding hydrogens is 300 g/mol. The monoisotopic (exact) mass is 338 g/mol. The molecule has 0 heterocycles. The first-order chi connectivity index (χ1) is 11.7. The van der Waals surface area contributed by atoms with Crippen LogP contribution in [0.4, 0.5) is 0 Å². The van der Waals surface area contributed by atoms with Gasteiger partial charge in [-0.2, -0.15) is 0 Å². The van der Waals surface area contributed by atoms with Crippen LogP contribution in [-0.2, 0) is 4.74 Å². The van der Waals surface area contributed by atoms with E-state index in [0.717, 1.165) is 44.5 Å². The second-order valence-electron chi connectivity index (χ2n) is 7.50. The molecule has 0 aromatic rings. The Morgan fingerprint density at radius 2 is 1.88 bits per heavy atom. The van der Waals surface area contributed by atoms with Gasteiger partial charge in [-0.05, 0) is 59.0 Å². The molecule has 2 aliphatic carbocycles. The average molecular weight is 339 g/mol. The van der Waals surface area contributed by atoms with E-state index in [1.165, 1.54) is 44.9 Å². The van der Waals surface area contributed by atoms with E-state index in [0.29, 0.717) is 12.1 Å². The summed E-state index contributed by atoms with van der Waals surface area (Å²) in [6.45, 7) is 5.69. The Balaban J connectivity index is 1.63. The second kappa shape index (κ2) is 10.9. The fraction of sp³-hybridized carbons (Fsp3) is 0.947. The first kappa shape index (κ1) is 19.5. The van der Waals surface area contributed by atoms with Gasteiger partial charge < -0.3 is 20.3 Å². The molecule has 2 N–H and O–H groups in total. The summed E-state index contributed by atoms with van der Waals surface area (Å²) in [6.07, 6.45) is 10.9. The SMILES string of the molecule is CCNC(=NCC(C1CC1)N(C)C)NCCCOC1CCCCC1. The molecule has 5 nitrogen and oxygen atoms in total. The maximum Gasteiger partial charge on any atom is 0.191 e. The van der Waals surface area contributed by atoms with Crippen LogP contribution in [0.1, 0.15) is 58.3 Å². The van der Waals surface area contributed by atoms with Crippen molar-refractivity contribution in [3.63, 3.8) is 0 Å². The predicted molar refractivity (Wildman–Crippen MR) is 102 cm³/mol. The highest BCUT2D eigenvalue weighted by Crippen LogP contribution is 2.34. The molecule has 0 radical (unpaired) electrons. The topological polar surface area (TPSA) is 48.9 Å². The standard InChI is InChI=1S/C19H38N4O/c1-4-20-19(22-15-18(23(2)3)16-11-12-16)21-13-8-14-24-17-9-6-5-7-10-17/h16-18H,4-15H2,1-3H3,(H2,20,21,22). The quantitative estimate of drug-likeness (QED) is 0.365. The van der Waals surface area contributed by atoms with Crippen molar-refractivity contribution >= 4 is 5.96 Å². The van der Waals surface area contributed by atoms with Crippen molar-refractivity contribution in [1.82, 2.24) is 15.5 Å². The number of ether oxygens (including phenoxy) is 1. The van der Waals surface area contributed by atoms with Gasteiger partial charge in [-0.1, -0.05) is 19.3 Å². The Labute approximate surface area is 148 Å². The summed E-state index contributed by atoms with van der Waals surface area (Å²) in [5.41, 5.74) is 0. The molecule has 0 amide bonds. The van der Waals surface area contributed by atoms with Crippen LogP contribution in [0.2, 0.25) is 0 Å². The van der Waals surface area contributed by atoms with Gasteiger partial charge in [0.2, 0.25) is 0 Å². The van der Waals surface area contributed by atoms with Gasteiger partial charge in [0.25, 0.3) is 0 Å². The summed E-state index contributed by atoms with van der Waals surface area (Å²) in [4.78, 5) is 7.12. The zero-order valence-electron chi connectivity index (χ0n) is 16.0. The van der Waals surface area contributed by atoms with Gasteiger partial charge in [0.05, 0.1) is 12.6 Å². The summed E-state index contributed by atoms with van der Waals surface area (Å²) in [5, 5.41) is 6.81. The summed E-state index contributed by atoms with van der Waals surface area (Å²) >= 11 is 0. The first-order valence-corrected chi connectivity index (χ1v) is 10.0. The molecule has 2 fully saturated rings. The lowest BCUT2D eigenvalue weighted by Crippen LogP contribution is -2.40. The van der Waals surface area contributed by atoms with Gasteiger partial charge in [0.15, 0.2) is 5.96 Å². The second-order valence-corrected chi connectivity index (χ2v) is 7.50. The van der Waals surface area contributed by atoms with E-state index in [1.807, 2.05) is 0 Å². The Kier molecular flexibility index (Phi) is 8.89. The normalized spacial score (nSPS) is 21.1. The van der Waals surface area contributed by atoms with Crippen LogP contribution in [0.25, 0.3) is 0 Å². The molecule has 140 valence electrons. The van der Waals surface area contributed by atoms with Gasteiger partial charge in [0.1, 0.15) is 0 Å². The third-order valence-corrected chi connectivity index (χ3v) is 5.13. The van der Waals surface area contributed by atoms with Crippen molar-refractivity contribution in [3.05, 3.63) is 0 Å². The number of nitrogens with zero attached hydrogens (tertiary/aromatic N) is 2. The molecule has 0 bridgehead atoms. The minimum Gasteiger partial charge on any atom is -0.378 e. The molecule has 2 saturated carbocycles. The summed E-state index contributed by atoms with van der Waals surface area (Å²) in [7, 11) is 4.34. The van der Waals surface area contributed by atoms with Gasteiger partial charge in [0, 0.05) is 25.7 Å². The Hall–Kier alpha value is -0.810. The van der Waals surface area contributed by atoms with Crippen LogP contribution >= 0.6 is 0 Å². The van der Waals surface area contributed by atoms with Crippen LogP contribution in [0.5, 0.6) is 0 Å². The minimum atomic E-state index is 0.514. The van der Waals surface area contributed by atoms with Crippen LogP contribution in [0.3, 0.4) is 0 Å². The molecule has 0 saturated heterocycles. The highest BCUT2D eigenvalue weighted by Gasteiger charge is 2.32. The van der Waals surface area contributed by atoms with Crippen LogP contribution in [-0.4, -0.2) is 63.3 Å². The molecule has 0 aliphatic heterocycles. The van der Waals surface area contributed by atoms with Crippen molar-refractivity contribution in [1.29, 1.82) is 0 Å². The zero-order valence-corrected chi connectivity index (χ0v) is 16.0. The highest BCUT2D eigenvalue weighted by molar-refractivity contribution is 5.79. The Morgan fingerprint density at radius 3 is 2.50 bits per heavy atom. The van der Waals surface area contributed by atoms with E-state index >= 15 is 0 Å². The summed E-state index contributed by atoms with van der Waals surface area (Å²) in [5.74, 6) is 1.79. The first-order valence-electron chi connectivity index (χ1n) is 10.0. The van der Waals surface area contributed by atoms with Gasteiger partial charge in [-0.25, -0.2) is 0 Å². The smallest absolute Gasteiger partial charge is 0.191 e. The van der Waals surface area contributed by atoms with Crippen molar-refractivity contribution in [2.24, 2.45) is 10.9 Å². The maximum atomic E-state index is 5.99.